The SMILES string of the molecule is CN1CC(C(=O)NC2CC(Nc3cc(-n4c(C(F)F)nc5ccccc54)nc(N4CCOCC4)n3)C2)CC1=O. The minimum atomic E-state index is -2.79. The summed E-state index contributed by atoms with van der Waals surface area (Å²) in [6.45, 7) is 2.67. The number of carbonyl (C=O) groups is 2. The first-order valence-corrected chi connectivity index (χ1v) is 13.1. The Kier molecular flexibility index (Phi) is 6.75. The van der Waals surface area contributed by atoms with Crippen LogP contribution in [0, 0.1) is 5.92 Å². The fourth-order valence-electron chi connectivity index (χ4n) is 5.37. The highest BCUT2D eigenvalue weighted by molar-refractivity contribution is 5.89. The molecule has 2 aliphatic heterocycles. The first-order valence-electron chi connectivity index (χ1n) is 13.1. The molecule has 3 fully saturated rings. The summed E-state index contributed by atoms with van der Waals surface area (Å²) < 4.78 is 35.0. The predicted octanol–water partition coefficient (Wildman–Crippen LogP) is 2.13. The highest BCUT2D eigenvalue weighted by atomic mass is 19.3. The number of anilines is 2. The molecule has 3 aromatic rings. The largest absolute Gasteiger partial charge is 0.378 e. The Morgan fingerprint density at radius 2 is 1.87 bits per heavy atom. The summed E-state index contributed by atoms with van der Waals surface area (Å²) in [5.41, 5.74) is 0.995. The van der Waals surface area contributed by atoms with E-state index in [0.29, 0.717) is 74.3 Å². The minimum Gasteiger partial charge on any atom is -0.378 e. The van der Waals surface area contributed by atoms with Crippen LogP contribution in [0.4, 0.5) is 20.5 Å². The monoisotopic (exact) mass is 540 g/mol. The van der Waals surface area contributed by atoms with Gasteiger partial charge in [0.2, 0.25) is 17.8 Å². The highest BCUT2D eigenvalue weighted by Crippen LogP contribution is 2.31. The van der Waals surface area contributed by atoms with E-state index in [-0.39, 0.29) is 42.1 Å². The van der Waals surface area contributed by atoms with Gasteiger partial charge in [0, 0.05) is 51.3 Å². The molecule has 6 rings (SSSR count). The van der Waals surface area contributed by atoms with Crippen LogP contribution in [-0.2, 0) is 14.3 Å². The molecule has 2 N–H and O–H groups in total. The smallest absolute Gasteiger partial charge is 0.296 e. The number of ether oxygens (including phenoxy) is 1. The van der Waals surface area contributed by atoms with Crippen molar-refractivity contribution in [2.45, 2.75) is 37.8 Å². The molecule has 2 amide bonds. The first kappa shape index (κ1) is 25.4. The molecule has 1 atom stereocenters. The predicted molar refractivity (Wildman–Crippen MR) is 139 cm³/mol. The van der Waals surface area contributed by atoms with Crippen LogP contribution in [0.3, 0.4) is 0 Å². The number of carbonyl (C=O) groups excluding carboxylic acids is 2. The quantitative estimate of drug-likeness (QED) is 0.468. The number of aromatic nitrogens is 4. The number of amides is 2. The second-order valence-electron chi connectivity index (χ2n) is 10.3. The fourth-order valence-corrected chi connectivity index (χ4v) is 5.37. The molecule has 1 unspecified atom stereocenters. The Labute approximate surface area is 223 Å². The number of alkyl halides is 2. The number of para-hydroxylation sites is 2. The van der Waals surface area contributed by atoms with Crippen molar-refractivity contribution < 1.29 is 23.1 Å². The lowest BCUT2D eigenvalue weighted by Gasteiger charge is -2.37. The molecule has 0 bridgehead atoms. The number of hydrogen-bond acceptors (Lipinski definition) is 8. The number of benzene rings is 1. The van der Waals surface area contributed by atoms with E-state index in [1.165, 1.54) is 4.57 Å². The van der Waals surface area contributed by atoms with E-state index in [0.717, 1.165) is 0 Å². The lowest BCUT2D eigenvalue weighted by molar-refractivity contribution is -0.128. The molecule has 3 aliphatic rings. The fraction of sp³-hybridized carbons (Fsp3) is 0.500. The molecule has 39 heavy (non-hydrogen) atoms. The van der Waals surface area contributed by atoms with Crippen LogP contribution in [0.5, 0.6) is 0 Å². The molecular formula is C26H30F2N8O3. The van der Waals surface area contributed by atoms with Crippen molar-refractivity contribution in [1.29, 1.82) is 0 Å². The number of nitrogens with one attached hydrogen (secondary N) is 2. The number of imidazole rings is 1. The van der Waals surface area contributed by atoms with E-state index in [1.807, 2.05) is 4.90 Å². The number of nitrogens with zero attached hydrogens (tertiary/aromatic N) is 6. The van der Waals surface area contributed by atoms with Crippen LogP contribution in [0.25, 0.3) is 16.9 Å². The summed E-state index contributed by atoms with van der Waals surface area (Å²) in [4.78, 5) is 41.4. The zero-order chi connectivity index (χ0) is 27.1. The number of halogens is 2. The van der Waals surface area contributed by atoms with Crippen molar-refractivity contribution in [3.8, 4) is 5.82 Å². The average Bonchev–Trinajstić information content (AvgIpc) is 3.48. The maximum absolute atomic E-state index is 14.1. The summed E-state index contributed by atoms with van der Waals surface area (Å²) in [7, 11) is 1.71. The molecular weight excluding hydrogens is 510 g/mol. The van der Waals surface area contributed by atoms with Gasteiger partial charge in [0.15, 0.2) is 5.82 Å². The summed E-state index contributed by atoms with van der Waals surface area (Å²) in [5, 5.41) is 6.44. The Bertz CT molecular complexity index is 1390. The highest BCUT2D eigenvalue weighted by Gasteiger charge is 2.36. The van der Waals surface area contributed by atoms with E-state index in [2.05, 4.69) is 20.6 Å². The molecule has 1 aliphatic carbocycles. The van der Waals surface area contributed by atoms with Crippen LogP contribution in [-0.4, -0.2) is 88.2 Å². The van der Waals surface area contributed by atoms with Crippen molar-refractivity contribution in [3.63, 3.8) is 0 Å². The van der Waals surface area contributed by atoms with E-state index < -0.39 is 6.43 Å². The summed E-state index contributed by atoms with van der Waals surface area (Å²) in [6, 6.07) is 8.68. The number of likely N-dealkylation sites (tertiary alicyclic amines) is 1. The maximum atomic E-state index is 14.1. The lowest BCUT2D eigenvalue weighted by atomic mass is 9.86. The number of rotatable bonds is 7. The van der Waals surface area contributed by atoms with Gasteiger partial charge in [-0.15, -0.1) is 0 Å². The van der Waals surface area contributed by atoms with Gasteiger partial charge in [-0.25, -0.2) is 13.8 Å². The molecule has 4 heterocycles. The Morgan fingerprint density at radius 3 is 2.59 bits per heavy atom. The van der Waals surface area contributed by atoms with Gasteiger partial charge in [-0.05, 0) is 25.0 Å². The molecule has 0 spiro atoms. The number of morpholine rings is 1. The van der Waals surface area contributed by atoms with E-state index in [4.69, 9.17) is 9.72 Å². The van der Waals surface area contributed by atoms with Crippen LogP contribution < -0.4 is 15.5 Å². The normalized spacial score (nSPS) is 23.4. The van der Waals surface area contributed by atoms with Gasteiger partial charge in [-0.2, -0.15) is 9.97 Å². The average molecular weight is 541 g/mol. The van der Waals surface area contributed by atoms with Crippen LogP contribution >= 0.6 is 0 Å². The van der Waals surface area contributed by atoms with Gasteiger partial charge in [-0.1, -0.05) is 12.1 Å². The van der Waals surface area contributed by atoms with Gasteiger partial charge >= 0.3 is 0 Å². The van der Waals surface area contributed by atoms with Crippen molar-refractivity contribution in [2.75, 3.05) is 50.1 Å². The van der Waals surface area contributed by atoms with Gasteiger partial charge in [0.1, 0.15) is 11.6 Å². The van der Waals surface area contributed by atoms with E-state index >= 15 is 0 Å². The van der Waals surface area contributed by atoms with E-state index in [1.54, 1.807) is 42.3 Å². The Morgan fingerprint density at radius 1 is 1.10 bits per heavy atom. The molecule has 2 saturated heterocycles. The minimum absolute atomic E-state index is 0.000872. The third kappa shape index (κ3) is 5.10. The molecule has 1 saturated carbocycles. The summed E-state index contributed by atoms with van der Waals surface area (Å²) in [6.07, 6.45) is -1.18. The number of fused-ring (bicyclic) bond motifs is 1. The van der Waals surface area contributed by atoms with Crippen LogP contribution in [0.2, 0.25) is 0 Å². The van der Waals surface area contributed by atoms with Crippen LogP contribution in [0.1, 0.15) is 31.5 Å². The third-order valence-corrected chi connectivity index (χ3v) is 7.55. The maximum Gasteiger partial charge on any atom is 0.296 e. The molecule has 11 nitrogen and oxygen atoms in total. The standard InChI is InChI=1S/C26H30F2N8O3/c1-34-14-15(10-22(34)37)25(38)30-17-11-16(12-17)29-20-13-21(33-26(32-20)35-6-8-39-9-7-35)36-19-5-3-2-4-18(19)31-24(36)23(27)28/h2-5,13,15-17,23H,6-12,14H2,1H3,(H,30,38)(H,29,32,33). The van der Waals surface area contributed by atoms with Gasteiger partial charge in [0.25, 0.3) is 6.43 Å². The first-order chi connectivity index (χ1) is 18.9. The van der Waals surface area contributed by atoms with Gasteiger partial charge in [-0.3, -0.25) is 14.2 Å². The number of hydrogen-bond donors (Lipinski definition) is 2. The van der Waals surface area contributed by atoms with Crippen molar-refractivity contribution in [1.82, 2.24) is 29.7 Å². The Balaban J connectivity index is 1.23. The van der Waals surface area contributed by atoms with Crippen molar-refractivity contribution >= 4 is 34.6 Å². The van der Waals surface area contributed by atoms with E-state index in [9.17, 15) is 18.4 Å². The second kappa shape index (κ2) is 10.4. The summed E-state index contributed by atoms with van der Waals surface area (Å²) >= 11 is 0. The van der Waals surface area contributed by atoms with Crippen molar-refractivity contribution in [3.05, 3.63) is 36.2 Å². The molecule has 206 valence electrons. The lowest BCUT2D eigenvalue weighted by Crippen LogP contribution is -2.51. The topological polar surface area (TPSA) is 118 Å². The second-order valence-corrected chi connectivity index (χ2v) is 10.3. The zero-order valence-corrected chi connectivity index (χ0v) is 21.5. The van der Waals surface area contributed by atoms with Crippen molar-refractivity contribution in [2.24, 2.45) is 5.92 Å². The van der Waals surface area contributed by atoms with Gasteiger partial charge < -0.3 is 25.2 Å². The van der Waals surface area contributed by atoms with Crippen LogP contribution in [0.15, 0.2) is 30.3 Å². The Hall–Kier alpha value is -3.87. The third-order valence-electron chi connectivity index (χ3n) is 7.55. The molecule has 1 aromatic carbocycles. The van der Waals surface area contributed by atoms with Gasteiger partial charge in [0.05, 0.1) is 30.2 Å². The molecule has 13 heteroatoms. The zero-order valence-electron chi connectivity index (χ0n) is 21.5. The molecule has 0 radical (unpaired) electrons. The summed E-state index contributed by atoms with van der Waals surface area (Å²) in [5.74, 6) is 0.437. The molecule has 2 aromatic heterocycles.